The zero-order valence-electron chi connectivity index (χ0n) is 7.52. The lowest BCUT2D eigenvalue weighted by Gasteiger charge is -2.03. The van der Waals surface area contributed by atoms with Gasteiger partial charge in [-0.15, -0.1) is 11.3 Å². The summed E-state index contributed by atoms with van der Waals surface area (Å²) in [5.41, 5.74) is 0.383. The predicted molar refractivity (Wildman–Crippen MR) is 46.4 cm³/mol. The molecular weight excluding hydrogens is 196 g/mol. The van der Waals surface area contributed by atoms with E-state index in [1.54, 1.807) is 6.92 Å². The van der Waals surface area contributed by atoms with Gasteiger partial charge in [0.2, 0.25) is 0 Å². The highest BCUT2D eigenvalue weighted by atomic mass is 32.1. The Kier molecular flexibility index (Phi) is 2.47. The van der Waals surface area contributed by atoms with E-state index in [4.69, 9.17) is 0 Å². The van der Waals surface area contributed by atoms with Gasteiger partial charge in [0.05, 0.1) is 10.6 Å². The summed E-state index contributed by atoms with van der Waals surface area (Å²) in [6, 6.07) is 0. The lowest BCUT2D eigenvalue weighted by atomic mass is 10.3. The SMILES string of the molecule is CC(=O)c1sc(C(C)(F)F)nc1C. The van der Waals surface area contributed by atoms with Gasteiger partial charge in [0.1, 0.15) is 0 Å². The number of ketones is 1. The molecular formula is C8H9F2NOS. The maximum atomic E-state index is 12.7. The molecule has 0 atom stereocenters. The first-order valence-corrected chi connectivity index (χ1v) is 4.50. The molecule has 0 aliphatic heterocycles. The summed E-state index contributed by atoms with van der Waals surface area (Å²) in [6.45, 7) is 3.68. The first-order chi connectivity index (χ1) is 5.82. The Hall–Kier alpha value is -0.840. The Morgan fingerprint density at radius 2 is 2.08 bits per heavy atom. The van der Waals surface area contributed by atoms with E-state index in [0.717, 1.165) is 18.3 Å². The molecule has 13 heavy (non-hydrogen) atoms. The minimum Gasteiger partial charge on any atom is -0.294 e. The molecule has 0 radical (unpaired) electrons. The van der Waals surface area contributed by atoms with Crippen LogP contribution >= 0.6 is 11.3 Å². The van der Waals surface area contributed by atoms with Crippen LogP contribution in [0.15, 0.2) is 0 Å². The summed E-state index contributed by atoms with van der Waals surface area (Å²) < 4.78 is 25.5. The maximum Gasteiger partial charge on any atom is 0.296 e. The summed E-state index contributed by atoms with van der Waals surface area (Å²) in [5, 5.41) is -0.296. The highest BCUT2D eigenvalue weighted by Gasteiger charge is 2.30. The topological polar surface area (TPSA) is 30.0 Å². The third-order valence-corrected chi connectivity index (χ3v) is 2.92. The molecule has 0 amide bonds. The Morgan fingerprint density at radius 1 is 1.54 bits per heavy atom. The minimum absolute atomic E-state index is 0.217. The van der Waals surface area contributed by atoms with Gasteiger partial charge in [-0.3, -0.25) is 4.79 Å². The Balaban J connectivity index is 3.17. The number of nitrogens with zero attached hydrogens (tertiary/aromatic N) is 1. The average molecular weight is 205 g/mol. The standard InChI is InChI=1S/C8H9F2NOS/c1-4-6(5(2)12)13-7(11-4)8(3,9)10/h1-3H3. The number of rotatable bonds is 2. The molecule has 0 N–H and O–H groups in total. The largest absolute Gasteiger partial charge is 0.296 e. The van der Waals surface area contributed by atoms with Crippen molar-refractivity contribution in [1.82, 2.24) is 4.98 Å². The number of halogens is 2. The van der Waals surface area contributed by atoms with Crippen molar-refractivity contribution in [1.29, 1.82) is 0 Å². The molecule has 0 bridgehead atoms. The van der Waals surface area contributed by atoms with E-state index in [9.17, 15) is 13.6 Å². The monoisotopic (exact) mass is 205 g/mol. The van der Waals surface area contributed by atoms with E-state index >= 15 is 0 Å². The van der Waals surface area contributed by atoms with Crippen molar-refractivity contribution in [3.05, 3.63) is 15.6 Å². The second kappa shape index (κ2) is 3.14. The van der Waals surface area contributed by atoms with Gasteiger partial charge in [0, 0.05) is 13.8 Å². The Morgan fingerprint density at radius 3 is 2.31 bits per heavy atom. The number of hydrogen-bond acceptors (Lipinski definition) is 3. The lowest BCUT2D eigenvalue weighted by molar-refractivity contribution is 0.0171. The molecule has 0 saturated heterocycles. The normalized spacial score (nSPS) is 11.8. The van der Waals surface area contributed by atoms with Crippen molar-refractivity contribution >= 4 is 17.1 Å². The molecule has 0 fully saturated rings. The van der Waals surface area contributed by atoms with Crippen molar-refractivity contribution < 1.29 is 13.6 Å². The van der Waals surface area contributed by atoms with Crippen LogP contribution < -0.4 is 0 Å². The molecule has 0 aliphatic rings. The zero-order chi connectivity index (χ0) is 10.2. The first-order valence-electron chi connectivity index (χ1n) is 3.69. The van der Waals surface area contributed by atoms with E-state index in [1.165, 1.54) is 6.92 Å². The van der Waals surface area contributed by atoms with E-state index in [1.807, 2.05) is 0 Å². The summed E-state index contributed by atoms with van der Waals surface area (Å²) in [7, 11) is 0. The van der Waals surface area contributed by atoms with Gasteiger partial charge in [-0.1, -0.05) is 0 Å². The maximum absolute atomic E-state index is 12.7. The second-order valence-electron chi connectivity index (χ2n) is 2.88. The number of alkyl halides is 2. The number of hydrogen-bond donors (Lipinski definition) is 0. The molecule has 72 valence electrons. The van der Waals surface area contributed by atoms with E-state index in [0.29, 0.717) is 10.6 Å². The van der Waals surface area contributed by atoms with Gasteiger partial charge in [0.15, 0.2) is 10.8 Å². The zero-order valence-corrected chi connectivity index (χ0v) is 8.34. The summed E-state index contributed by atoms with van der Waals surface area (Å²) >= 11 is 0.764. The highest BCUT2D eigenvalue weighted by molar-refractivity contribution is 7.13. The van der Waals surface area contributed by atoms with Crippen molar-refractivity contribution in [3.8, 4) is 0 Å². The Bertz CT molecular complexity index is 340. The molecule has 5 heteroatoms. The van der Waals surface area contributed by atoms with E-state index in [-0.39, 0.29) is 10.8 Å². The van der Waals surface area contributed by atoms with Crippen LogP contribution in [0.3, 0.4) is 0 Å². The molecule has 1 rings (SSSR count). The number of Topliss-reactive ketones (excluding diaryl/α,β-unsaturated/α-hetero) is 1. The van der Waals surface area contributed by atoms with Gasteiger partial charge < -0.3 is 0 Å². The molecule has 0 unspecified atom stereocenters. The molecule has 1 aromatic rings. The fourth-order valence-electron chi connectivity index (χ4n) is 0.911. The number of carbonyl (C=O) groups is 1. The highest BCUT2D eigenvalue weighted by Crippen LogP contribution is 2.32. The molecule has 0 aliphatic carbocycles. The van der Waals surface area contributed by atoms with Crippen LogP contribution in [0.1, 0.15) is 34.2 Å². The van der Waals surface area contributed by atoms with Gasteiger partial charge >= 0.3 is 0 Å². The van der Waals surface area contributed by atoms with Crippen LogP contribution in [-0.2, 0) is 5.92 Å². The average Bonchev–Trinajstić information content (AvgIpc) is 2.29. The van der Waals surface area contributed by atoms with Gasteiger partial charge in [-0.25, -0.2) is 4.98 Å². The third kappa shape index (κ3) is 2.09. The van der Waals surface area contributed by atoms with Crippen LogP contribution in [0.2, 0.25) is 0 Å². The quantitative estimate of drug-likeness (QED) is 0.695. The number of thiazole rings is 1. The number of aryl methyl sites for hydroxylation is 1. The fourth-order valence-corrected chi connectivity index (χ4v) is 1.80. The second-order valence-corrected chi connectivity index (χ2v) is 3.88. The van der Waals surface area contributed by atoms with Crippen LogP contribution in [0.25, 0.3) is 0 Å². The number of carbonyl (C=O) groups excluding carboxylic acids is 1. The molecule has 1 heterocycles. The summed E-state index contributed by atoms with van der Waals surface area (Å²) in [6.07, 6.45) is 0. The summed E-state index contributed by atoms with van der Waals surface area (Å²) in [5.74, 6) is -3.17. The molecule has 0 saturated carbocycles. The summed E-state index contributed by atoms with van der Waals surface area (Å²) in [4.78, 5) is 14.9. The Labute approximate surface area is 78.6 Å². The predicted octanol–water partition coefficient (Wildman–Crippen LogP) is 2.77. The molecule has 0 aromatic carbocycles. The minimum atomic E-state index is -2.96. The van der Waals surface area contributed by atoms with Crippen LogP contribution in [0, 0.1) is 6.92 Å². The van der Waals surface area contributed by atoms with Crippen LogP contribution in [0.5, 0.6) is 0 Å². The van der Waals surface area contributed by atoms with E-state index in [2.05, 4.69) is 4.98 Å². The number of aromatic nitrogens is 1. The lowest BCUT2D eigenvalue weighted by Crippen LogP contribution is -2.05. The molecule has 0 spiro atoms. The van der Waals surface area contributed by atoms with Gasteiger partial charge in [0.25, 0.3) is 5.92 Å². The van der Waals surface area contributed by atoms with Crippen molar-refractivity contribution in [3.63, 3.8) is 0 Å². The van der Waals surface area contributed by atoms with Crippen molar-refractivity contribution in [2.75, 3.05) is 0 Å². The van der Waals surface area contributed by atoms with Crippen molar-refractivity contribution in [2.45, 2.75) is 26.7 Å². The smallest absolute Gasteiger partial charge is 0.294 e. The van der Waals surface area contributed by atoms with E-state index < -0.39 is 5.92 Å². The third-order valence-electron chi connectivity index (χ3n) is 1.49. The fraction of sp³-hybridized carbons (Fsp3) is 0.500. The van der Waals surface area contributed by atoms with Crippen LogP contribution in [-0.4, -0.2) is 10.8 Å². The van der Waals surface area contributed by atoms with Crippen molar-refractivity contribution in [2.24, 2.45) is 0 Å². The van der Waals surface area contributed by atoms with Gasteiger partial charge in [-0.05, 0) is 6.92 Å². The van der Waals surface area contributed by atoms with Crippen LogP contribution in [0.4, 0.5) is 8.78 Å². The van der Waals surface area contributed by atoms with Gasteiger partial charge in [-0.2, -0.15) is 8.78 Å². The first kappa shape index (κ1) is 10.2. The molecule has 1 aromatic heterocycles. The molecule has 2 nitrogen and oxygen atoms in total.